The maximum Gasteiger partial charge on any atom is 0.273 e. The molecular weight excluding hydrogens is 424 g/mol. The molecule has 0 radical (unpaired) electrons. The summed E-state index contributed by atoms with van der Waals surface area (Å²) in [5, 5.41) is 18.8. The highest BCUT2D eigenvalue weighted by atomic mass is 35.5. The first-order valence-electron chi connectivity index (χ1n) is 10.3. The van der Waals surface area contributed by atoms with Crippen molar-refractivity contribution >= 4 is 17.5 Å². The van der Waals surface area contributed by atoms with Crippen LogP contribution in [0.4, 0.5) is 0 Å². The minimum Gasteiger partial charge on any atom is -0.507 e. The number of fused-ring (bicyclic) bond motifs is 1. The number of aromatic amines is 1. The molecule has 0 spiro atoms. The molecule has 1 aliphatic rings. The third kappa shape index (κ3) is 3.33. The number of carbonyl (C=O) groups excluding carboxylic acids is 1. The number of aryl methyl sites for hydroxylation is 2. The van der Waals surface area contributed by atoms with Gasteiger partial charge in [-0.1, -0.05) is 35.9 Å². The number of rotatable bonds is 4. The van der Waals surface area contributed by atoms with Crippen LogP contribution < -0.4 is 0 Å². The van der Waals surface area contributed by atoms with Gasteiger partial charge in [-0.2, -0.15) is 5.10 Å². The second-order valence-corrected chi connectivity index (χ2v) is 8.52. The van der Waals surface area contributed by atoms with Crippen molar-refractivity contribution in [1.29, 1.82) is 0 Å². The maximum absolute atomic E-state index is 13.5. The highest BCUT2D eigenvalue weighted by Gasteiger charge is 2.42. The molecule has 0 bridgehead atoms. The number of aromatic hydroxyl groups is 1. The maximum atomic E-state index is 13.5. The minimum atomic E-state index is -0.385. The van der Waals surface area contributed by atoms with E-state index in [-0.39, 0.29) is 17.7 Å². The summed E-state index contributed by atoms with van der Waals surface area (Å²) in [6.45, 7) is 4.26. The molecule has 2 aromatic carbocycles. The van der Waals surface area contributed by atoms with Gasteiger partial charge in [0.1, 0.15) is 17.1 Å². The van der Waals surface area contributed by atoms with Crippen molar-refractivity contribution in [3.63, 3.8) is 0 Å². The quantitative estimate of drug-likeness (QED) is 0.453. The van der Waals surface area contributed by atoms with Gasteiger partial charge in [0.05, 0.1) is 6.04 Å². The van der Waals surface area contributed by atoms with E-state index in [1.54, 1.807) is 23.4 Å². The standard InChI is InChI=1S/C25H21ClN4O2/c1-14-10-15(2)20(19(31)11-14)22-21-23(29-28-22)25(32)30(13-16-4-3-9-27-12-16)24(21)17-5-7-18(26)8-6-17/h3-12,24,31H,13H2,1-2H3,(H,28,29). The first-order valence-corrected chi connectivity index (χ1v) is 10.7. The van der Waals surface area contributed by atoms with Gasteiger partial charge in [0.25, 0.3) is 5.91 Å². The van der Waals surface area contributed by atoms with Crippen LogP contribution in [-0.2, 0) is 6.54 Å². The Morgan fingerprint density at radius 3 is 2.62 bits per heavy atom. The van der Waals surface area contributed by atoms with Crippen molar-refractivity contribution in [3.05, 3.63) is 99.5 Å². The predicted octanol–water partition coefficient (Wildman–Crippen LogP) is 5.19. The second kappa shape index (κ2) is 7.80. The fourth-order valence-corrected chi connectivity index (χ4v) is 4.61. The molecule has 5 rings (SSSR count). The number of carbonyl (C=O) groups is 1. The third-order valence-corrected chi connectivity index (χ3v) is 6.07. The lowest BCUT2D eigenvalue weighted by Crippen LogP contribution is -2.29. The van der Waals surface area contributed by atoms with Crippen molar-refractivity contribution in [3.8, 4) is 17.0 Å². The van der Waals surface area contributed by atoms with Gasteiger partial charge >= 0.3 is 0 Å². The number of halogens is 1. The average molecular weight is 445 g/mol. The smallest absolute Gasteiger partial charge is 0.273 e. The number of nitrogens with zero attached hydrogens (tertiary/aromatic N) is 3. The molecule has 4 aromatic rings. The fraction of sp³-hybridized carbons (Fsp3) is 0.160. The molecule has 7 heteroatoms. The number of hydrogen-bond acceptors (Lipinski definition) is 4. The van der Waals surface area contributed by atoms with Crippen LogP contribution in [0.25, 0.3) is 11.3 Å². The molecule has 1 aliphatic heterocycles. The van der Waals surface area contributed by atoms with Gasteiger partial charge in [-0.05, 0) is 60.4 Å². The number of pyridine rings is 1. The second-order valence-electron chi connectivity index (χ2n) is 8.09. The topological polar surface area (TPSA) is 82.1 Å². The van der Waals surface area contributed by atoms with Crippen molar-refractivity contribution in [2.24, 2.45) is 0 Å². The van der Waals surface area contributed by atoms with E-state index in [0.29, 0.717) is 28.5 Å². The molecule has 6 nitrogen and oxygen atoms in total. The number of benzene rings is 2. The van der Waals surface area contributed by atoms with E-state index >= 15 is 0 Å². The zero-order valence-corrected chi connectivity index (χ0v) is 18.4. The number of phenolic OH excluding ortho intramolecular Hbond substituents is 1. The van der Waals surface area contributed by atoms with Crippen molar-refractivity contribution < 1.29 is 9.90 Å². The molecule has 1 unspecified atom stereocenters. The van der Waals surface area contributed by atoms with Crippen LogP contribution in [0.1, 0.15) is 44.3 Å². The number of H-pyrrole nitrogens is 1. The molecule has 32 heavy (non-hydrogen) atoms. The molecule has 0 aliphatic carbocycles. The highest BCUT2D eigenvalue weighted by molar-refractivity contribution is 6.30. The summed E-state index contributed by atoms with van der Waals surface area (Å²) in [5.41, 5.74) is 6.09. The Morgan fingerprint density at radius 1 is 1.16 bits per heavy atom. The van der Waals surface area contributed by atoms with E-state index in [1.165, 1.54) is 0 Å². The third-order valence-electron chi connectivity index (χ3n) is 5.82. The Morgan fingerprint density at radius 2 is 1.94 bits per heavy atom. The number of aromatic nitrogens is 3. The van der Waals surface area contributed by atoms with Crippen LogP contribution in [0.2, 0.25) is 5.02 Å². The zero-order chi connectivity index (χ0) is 22.4. The van der Waals surface area contributed by atoms with E-state index in [1.807, 2.05) is 56.3 Å². The summed E-state index contributed by atoms with van der Waals surface area (Å²) in [5.74, 6) is -0.00313. The monoisotopic (exact) mass is 444 g/mol. The normalized spacial score (nSPS) is 15.3. The van der Waals surface area contributed by atoms with Gasteiger partial charge in [-0.3, -0.25) is 14.9 Å². The molecule has 1 atom stereocenters. The summed E-state index contributed by atoms with van der Waals surface area (Å²) in [7, 11) is 0. The van der Waals surface area contributed by atoms with Crippen molar-refractivity contribution in [2.45, 2.75) is 26.4 Å². The summed E-state index contributed by atoms with van der Waals surface area (Å²) in [4.78, 5) is 19.5. The van der Waals surface area contributed by atoms with E-state index in [4.69, 9.17) is 11.6 Å². The molecule has 2 aromatic heterocycles. The fourth-order valence-electron chi connectivity index (χ4n) is 4.48. The number of phenols is 1. The number of hydrogen-bond donors (Lipinski definition) is 2. The molecule has 0 fully saturated rings. The van der Waals surface area contributed by atoms with Crippen LogP contribution in [0, 0.1) is 13.8 Å². The van der Waals surface area contributed by atoms with Gasteiger partial charge < -0.3 is 10.0 Å². The molecule has 3 heterocycles. The first kappa shape index (κ1) is 20.3. The van der Waals surface area contributed by atoms with Crippen LogP contribution in [0.15, 0.2) is 60.9 Å². The molecule has 0 saturated carbocycles. The minimum absolute atomic E-state index is 0.143. The van der Waals surface area contributed by atoms with Crippen LogP contribution in [-0.4, -0.2) is 31.1 Å². The van der Waals surface area contributed by atoms with Gasteiger partial charge in [0, 0.05) is 35.1 Å². The Kier molecular flexibility index (Phi) is 4.94. The Hall–Kier alpha value is -3.64. The summed E-state index contributed by atoms with van der Waals surface area (Å²) in [6, 6.07) is 14.6. The molecule has 160 valence electrons. The Balaban J connectivity index is 1.69. The van der Waals surface area contributed by atoms with E-state index in [0.717, 1.165) is 27.8 Å². The highest BCUT2D eigenvalue weighted by Crippen LogP contribution is 2.46. The van der Waals surface area contributed by atoms with Crippen molar-refractivity contribution in [1.82, 2.24) is 20.1 Å². The van der Waals surface area contributed by atoms with Crippen molar-refractivity contribution in [2.75, 3.05) is 0 Å². The summed E-state index contributed by atoms with van der Waals surface area (Å²) in [6.07, 6.45) is 3.47. The molecule has 0 saturated heterocycles. The summed E-state index contributed by atoms with van der Waals surface area (Å²) >= 11 is 6.14. The average Bonchev–Trinajstić information content (AvgIpc) is 3.29. The van der Waals surface area contributed by atoms with E-state index in [9.17, 15) is 9.90 Å². The largest absolute Gasteiger partial charge is 0.507 e. The lowest BCUT2D eigenvalue weighted by molar-refractivity contribution is 0.0730. The number of nitrogens with one attached hydrogen (secondary N) is 1. The Bertz CT molecular complexity index is 1290. The molecular formula is C25H21ClN4O2. The lowest BCUT2D eigenvalue weighted by atomic mass is 9.93. The van der Waals surface area contributed by atoms with Gasteiger partial charge in [0.15, 0.2) is 0 Å². The number of amides is 1. The lowest BCUT2D eigenvalue weighted by Gasteiger charge is -2.26. The van der Waals surface area contributed by atoms with Crippen LogP contribution in [0.3, 0.4) is 0 Å². The molecule has 1 amide bonds. The van der Waals surface area contributed by atoms with Crippen LogP contribution in [0.5, 0.6) is 5.75 Å². The molecule has 2 N–H and O–H groups in total. The van der Waals surface area contributed by atoms with Crippen LogP contribution >= 0.6 is 11.6 Å². The zero-order valence-electron chi connectivity index (χ0n) is 17.6. The SMILES string of the molecule is Cc1cc(C)c(-c2n[nH]c3c2C(c2ccc(Cl)cc2)N(Cc2cccnc2)C3=O)c(O)c1. The summed E-state index contributed by atoms with van der Waals surface area (Å²) < 4.78 is 0. The van der Waals surface area contributed by atoms with Gasteiger partial charge in [-0.25, -0.2) is 0 Å². The van der Waals surface area contributed by atoms with E-state index in [2.05, 4.69) is 15.2 Å². The first-order chi connectivity index (χ1) is 15.4. The van der Waals surface area contributed by atoms with Gasteiger partial charge in [-0.15, -0.1) is 0 Å². The Labute approximate surface area is 190 Å². The van der Waals surface area contributed by atoms with E-state index < -0.39 is 0 Å². The predicted molar refractivity (Wildman–Crippen MR) is 123 cm³/mol. The van der Waals surface area contributed by atoms with Gasteiger partial charge in [0.2, 0.25) is 0 Å².